The molecule has 0 radical (unpaired) electrons. The number of nitrogens with one attached hydrogen (secondary N) is 1. The number of carbonyl (C=O) groups is 1. The molecule has 0 aliphatic heterocycles. The van der Waals surface area contributed by atoms with Crippen molar-refractivity contribution in [2.24, 2.45) is 17.8 Å². The van der Waals surface area contributed by atoms with E-state index in [-0.39, 0.29) is 11.4 Å². The summed E-state index contributed by atoms with van der Waals surface area (Å²) in [5.41, 5.74) is 7.28. The van der Waals surface area contributed by atoms with Crippen molar-refractivity contribution in [1.82, 2.24) is 5.32 Å². The molecule has 3 N–H and O–H groups in total. The summed E-state index contributed by atoms with van der Waals surface area (Å²) in [6, 6.07) is 5.40. The minimum atomic E-state index is 0.0192. The topological polar surface area (TPSA) is 64.3 Å². The zero-order valence-corrected chi connectivity index (χ0v) is 14.5. The molecule has 1 amide bonds. The second-order valence-electron chi connectivity index (χ2n) is 8.25. The van der Waals surface area contributed by atoms with Crippen molar-refractivity contribution in [1.29, 1.82) is 0 Å². The number of rotatable bonds is 5. The molecule has 4 saturated carbocycles. The van der Waals surface area contributed by atoms with Gasteiger partial charge in [-0.25, -0.2) is 0 Å². The molecule has 24 heavy (non-hydrogen) atoms. The molecule has 130 valence electrons. The Morgan fingerprint density at radius 1 is 1.21 bits per heavy atom. The van der Waals surface area contributed by atoms with Gasteiger partial charge < -0.3 is 15.8 Å². The van der Waals surface area contributed by atoms with Gasteiger partial charge in [0.15, 0.2) is 0 Å². The lowest BCUT2D eigenvalue weighted by atomic mass is 9.53. The molecule has 0 heterocycles. The molecule has 1 aromatic rings. The van der Waals surface area contributed by atoms with Gasteiger partial charge in [-0.15, -0.1) is 0 Å². The number of benzene rings is 1. The van der Waals surface area contributed by atoms with E-state index in [2.05, 4.69) is 12.2 Å². The van der Waals surface area contributed by atoms with Crippen LogP contribution in [0, 0.1) is 17.8 Å². The van der Waals surface area contributed by atoms with E-state index in [9.17, 15) is 4.79 Å². The Morgan fingerprint density at radius 2 is 1.83 bits per heavy atom. The molecule has 0 atom stereocenters. The van der Waals surface area contributed by atoms with Crippen LogP contribution >= 0.6 is 0 Å². The fraction of sp³-hybridized carbons (Fsp3) is 0.650. The van der Waals surface area contributed by atoms with Crippen LogP contribution in [-0.4, -0.2) is 18.1 Å². The van der Waals surface area contributed by atoms with Crippen LogP contribution in [0.1, 0.15) is 62.2 Å². The van der Waals surface area contributed by atoms with Gasteiger partial charge in [0.25, 0.3) is 5.91 Å². The fourth-order valence-corrected chi connectivity index (χ4v) is 5.61. The SMILES string of the molecule is CCCOc1ccc(C(=O)NC23CC4CC(CC(C4)C2)C3)cc1N. The van der Waals surface area contributed by atoms with Crippen LogP contribution in [0.2, 0.25) is 0 Å². The first-order valence-corrected chi connectivity index (χ1v) is 9.42. The Hall–Kier alpha value is -1.71. The van der Waals surface area contributed by atoms with Crippen molar-refractivity contribution in [2.75, 3.05) is 12.3 Å². The van der Waals surface area contributed by atoms with Crippen LogP contribution in [0.25, 0.3) is 0 Å². The number of nitrogens with two attached hydrogens (primary N) is 1. The van der Waals surface area contributed by atoms with E-state index in [1.165, 1.54) is 38.5 Å². The largest absolute Gasteiger partial charge is 0.491 e. The minimum Gasteiger partial charge on any atom is -0.491 e. The molecule has 5 rings (SSSR count). The van der Waals surface area contributed by atoms with E-state index >= 15 is 0 Å². The lowest BCUT2D eigenvalue weighted by Gasteiger charge is -2.56. The zero-order chi connectivity index (χ0) is 16.7. The summed E-state index contributed by atoms with van der Waals surface area (Å²) in [6.45, 7) is 2.70. The van der Waals surface area contributed by atoms with E-state index < -0.39 is 0 Å². The van der Waals surface area contributed by atoms with Crippen LogP contribution in [-0.2, 0) is 0 Å². The molecule has 4 heteroatoms. The second-order valence-corrected chi connectivity index (χ2v) is 8.25. The fourth-order valence-electron chi connectivity index (χ4n) is 5.61. The highest BCUT2D eigenvalue weighted by molar-refractivity contribution is 5.96. The van der Waals surface area contributed by atoms with E-state index in [4.69, 9.17) is 10.5 Å². The molecular weight excluding hydrogens is 300 g/mol. The standard InChI is InChI=1S/C20H28N2O2/c1-2-5-24-18-4-3-16(9-17(18)21)19(23)22-20-10-13-6-14(11-20)8-15(7-13)12-20/h3-4,9,13-15H,2,5-8,10-12,21H2,1H3,(H,22,23). The van der Waals surface area contributed by atoms with Crippen LogP contribution in [0.15, 0.2) is 18.2 Å². The van der Waals surface area contributed by atoms with Crippen LogP contribution in [0.4, 0.5) is 5.69 Å². The molecule has 4 aliphatic rings. The molecule has 4 nitrogen and oxygen atoms in total. The minimum absolute atomic E-state index is 0.0192. The third-order valence-corrected chi connectivity index (χ3v) is 6.15. The molecule has 1 aromatic carbocycles. The Labute approximate surface area is 144 Å². The lowest BCUT2D eigenvalue weighted by molar-refractivity contribution is -0.0167. The molecule has 0 spiro atoms. The first kappa shape index (κ1) is 15.8. The summed E-state index contributed by atoms with van der Waals surface area (Å²) in [5.74, 6) is 3.17. The summed E-state index contributed by atoms with van der Waals surface area (Å²) < 4.78 is 5.60. The van der Waals surface area contributed by atoms with Crippen molar-refractivity contribution in [2.45, 2.75) is 57.4 Å². The third kappa shape index (κ3) is 2.87. The predicted octanol–water partition coefficient (Wildman–Crippen LogP) is 3.76. The Morgan fingerprint density at radius 3 is 2.38 bits per heavy atom. The van der Waals surface area contributed by atoms with Crippen LogP contribution < -0.4 is 15.8 Å². The summed E-state index contributed by atoms with van der Waals surface area (Å²) in [4.78, 5) is 12.8. The van der Waals surface area contributed by atoms with E-state index in [0.717, 1.165) is 24.2 Å². The highest BCUT2D eigenvalue weighted by atomic mass is 16.5. The second kappa shape index (κ2) is 5.98. The Kier molecular flexibility index (Phi) is 3.93. The first-order chi connectivity index (χ1) is 11.6. The van der Waals surface area contributed by atoms with Crippen molar-refractivity contribution >= 4 is 11.6 Å². The van der Waals surface area contributed by atoms with Gasteiger partial charge >= 0.3 is 0 Å². The molecule has 0 saturated heterocycles. The number of nitrogen functional groups attached to an aromatic ring is 1. The average Bonchev–Trinajstić information content (AvgIpc) is 2.52. The number of hydrogen-bond acceptors (Lipinski definition) is 3. The Balaban J connectivity index is 1.47. The van der Waals surface area contributed by atoms with Gasteiger partial charge in [-0.3, -0.25) is 4.79 Å². The van der Waals surface area contributed by atoms with E-state index in [1.54, 1.807) is 6.07 Å². The third-order valence-electron chi connectivity index (χ3n) is 6.15. The average molecular weight is 328 g/mol. The molecule has 4 bridgehead atoms. The number of anilines is 1. The maximum absolute atomic E-state index is 12.8. The number of hydrogen-bond donors (Lipinski definition) is 2. The highest BCUT2D eigenvalue weighted by Crippen LogP contribution is 2.55. The van der Waals surface area contributed by atoms with Crippen molar-refractivity contribution in [3.63, 3.8) is 0 Å². The van der Waals surface area contributed by atoms with Crippen molar-refractivity contribution in [3.8, 4) is 5.75 Å². The predicted molar refractivity (Wildman–Crippen MR) is 95.0 cm³/mol. The van der Waals surface area contributed by atoms with Crippen molar-refractivity contribution in [3.05, 3.63) is 23.8 Å². The molecule has 4 aliphatic carbocycles. The summed E-state index contributed by atoms with van der Waals surface area (Å²) in [5, 5.41) is 3.40. The molecular formula is C20H28N2O2. The summed E-state index contributed by atoms with van der Waals surface area (Å²) in [7, 11) is 0. The quantitative estimate of drug-likeness (QED) is 0.809. The monoisotopic (exact) mass is 328 g/mol. The van der Waals surface area contributed by atoms with E-state index in [0.29, 0.717) is 23.6 Å². The maximum atomic E-state index is 12.8. The van der Waals surface area contributed by atoms with Gasteiger partial charge in [0.2, 0.25) is 0 Å². The Bertz CT molecular complexity index is 605. The normalized spacial score (nSPS) is 33.5. The van der Waals surface area contributed by atoms with Gasteiger partial charge in [-0.2, -0.15) is 0 Å². The highest BCUT2D eigenvalue weighted by Gasteiger charge is 2.51. The molecule has 0 unspecified atom stereocenters. The van der Waals surface area contributed by atoms with Gasteiger partial charge in [-0.05, 0) is 80.9 Å². The summed E-state index contributed by atoms with van der Waals surface area (Å²) >= 11 is 0. The smallest absolute Gasteiger partial charge is 0.251 e. The number of amides is 1. The molecule has 4 fully saturated rings. The van der Waals surface area contributed by atoms with Gasteiger partial charge in [0.1, 0.15) is 5.75 Å². The maximum Gasteiger partial charge on any atom is 0.251 e. The van der Waals surface area contributed by atoms with Gasteiger partial charge in [0, 0.05) is 11.1 Å². The van der Waals surface area contributed by atoms with E-state index in [1.807, 2.05) is 12.1 Å². The first-order valence-electron chi connectivity index (χ1n) is 9.42. The van der Waals surface area contributed by atoms with Gasteiger partial charge in [0.05, 0.1) is 12.3 Å². The van der Waals surface area contributed by atoms with Gasteiger partial charge in [-0.1, -0.05) is 6.92 Å². The van der Waals surface area contributed by atoms with Crippen LogP contribution in [0.3, 0.4) is 0 Å². The summed E-state index contributed by atoms with van der Waals surface area (Å²) in [6.07, 6.45) is 8.57. The zero-order valence-electron chi connectivity index (χ0n) is 14.5. The van der Waals surface area contributed by atoms with Crippen molar-refractivity contribution < 1.29 is 9.53 Å². The molecule has 0 aromatic heterocycles. The lowest BCUT2D eigenvalue weighted by Crippen LogP contribution is -2.59. The van der Waals surface area contributed by atoms with Crippen LogP contribution in [0.5, 0.6) is 5.75 Å². The number of ether oxygens (including phenoxy) is 1. The number of carbonyl (C=O) groups excluding carboxylic acids is 1.